The lowest BCUT2D eigenvalue weighted by Crippen LogP contribution is -2.43. The van der Waals surface area contributed by atoms with Crippen LogP contribution in [0.15, 0.2) is 48.5 Å². The van der Waals surface area contributed by atoms with Crippen LogP contribution in [0.1, 0.15) is 34.6 Å². The van der Waals surface area contributed by atoms with Crippen molar-refractivity contribution in [2.24, 2.45) is 13.0 Å². The quantitative estimate of drug-likeness (QED) is 0.666. The Bertz CT molecular complexity index is 1130. The highest BCUT2D eigenvalue weighted by atomic mass is 19.4. The number of aromatic nitrogens is 2. The number of benzene rings is 2. The van der Waals surface area contributed by atoms with Crippen LogP contribution >= 0.6 is 0 Å². The second-order valence-corrected chi connectivity index (χ2v) is 7.94. The largest absolute Gasteiger partial charge is 0.416 e. The van der Waals surface area contributed by atoms with E-state index < -0.39 is 11.7 Å². The number of alkyl halides is 3. The van der Waals surface area contributed by atoms with E-state index in [-0.39, 0.29) is 23.3 Å². The van der Waals surface area contributed by atoms with Crippen molar-refractivity contribution in [3.05, 3.63) is 65.5 Å². The first kappa shape index (κ1) is 21.9. The number of carbonyl (C=O) groups excluding carboxylic acids is 2. The highest BCUT2D eigenvalue weighted by Crippen LogP contribution is 2.29. The number of nitrogens with one attached hydrogen (secondary N) is 1. The molecule has 1 fully saturated rings. The Hall–Kier alpha value is -3.36. The van der Waals surface area contributed by atoms with E-state index in [0.717, 1.165) is 29.0 Å². The van der Waals surface area contributed by atoms with Crippen LogP contribution in [0.3, 0.4) is 0 Å². The van der Waals surface area contributed by atoms with Gasteiger partial charge >= 0.3 is 6.18 Å². The molecule has 1 aliphatic rings. The fraction of sp³-hybridized carbons (Fsp3) is 0.348. The Balaban J connectivity index is 1.30. The molecule has 32 heavy (non-hydrogen) atoms. The monoisotopic (exact) mass is 444 g/mol. The van der Waals surface area contributed by atoms with Gasteiger partial charge in [-0.2, -0.15) is 13.2 Å². The number of fused-ring (bicyclic) bond motifs is 1. The topological polar surface area (TPSA) is 67.2 Å². The number of halogens is 3. The molecule has 2 amide bonds. The molecule has 0 unspecified atom stereocenters. The van der Waals surface area contributed by atoms with Gasteiger partial charge in [-0.15, -0.1) is 0 Å². The smallest absolute Gasteiger partial charge is 0.349 e. The number of nitrogens with zero attached hydrogens (tertiary/aromatic N) is 3. The third-order valence-corrected chi connectivity index (χ3v) is 5.91. The van der Waals surface area contributed by atoms with E-state index >= 15 is 0 Å². The molecule has 1 N–H and O–H groups in total. The summed E-state index contributed by atoms with van der Waals surface area (Å²) in [4.78, 5) is 31.3. The maximum Gasteiger partial charge on any atom is 0.416 e. The van der Waals surface area contributed by atoms with Crippen molar-refractivity contribution in [3.8, 4) is 0 Å². The highest BCUT2D eigenvalue weighted by Gasteiger charge is 2.31. The Kier molecular flexibility index (Phi) is 5.90. The molecule has 0 atom stereocenters. The van der Waals surface area contributed by atoms with E-state index in [1.54, 1.807) is 4.90 Å². The molecule has 1 aromatic heterocycles. The molecule has 6 nitrogen and oxygen atoms in total. The average molecular weight is 444 g/mol. The molecule has 9 heteroatoms. The van der Waals surface area contributed by atoms with Crippen molar-refractivity contribution in [2.75, 3.05) is 13.1 Å². The maximum atomic E-state index is 12.7. The second kappa shape index (κ2) is 8.64. The zero-order valence-corrected chi connectivity index (χ0v) is 17.5. The summed E-state index contributed by atoms with van der Waals surface area (Å²) >= 11 is 0. The standard InChI is InChI=1S/C23H23F3N4O2/c1-29-19-5-3-2-4-18(19)28-20(29)14-27-21(31)15-10-12-30(13-11-15)22(32)16-6-8-17(9-7-16)23(24,25)26/h2-9,15H,10-14H2,1H3,(H,27,31). The van der Waals surface area contributed by atoms with Crippen molar-refractivity contribution in [1.29, 1.82) is 0 Å². The fourth-order valence-corrected chi connectivity index (χ4v) is 3.99. The summed E-state index contributed by atoms with van der Waals surface area (Å²) in [5.74, 6) is 0.131. The van der Waals surface area contributed by atoms with Crippen molar-refractivity contribution in [1.82, 2.24) is 19.8 Å². The molecule has 2 aromatic carbocycles. The molecule has 0 radical (unpaired) electrons. The van der Waals surface area contributed by atoms with Crippen LogP contribution in [0.2, 0.25) is 0 Å². The van der Waals surface area contributed by atoms with Gasteiger partial charge in [0.2, 0.25) is 5.91 Å². The van der Waals surface area contributed by atoms with E-state index in [1.165, 1.54) is 12.1 Å². The Morgan fingerprint density at radius 1 is 1.06 bits per heavy atom. The SMILES string of the molecule is Cn1c(CNC(=O)C2CCN(C(=O)c3ccc(C(F)(F)F)cc3)CC2)nc2ccccc21. The summed E-state index contributed by atoms with van der Waals surface area (Å²) in [5.41, 5.74) is 1.29. The molecule has 0 spiro atoms. The van der Waals surface area contributed by atoms with Crippen LogP contribution in [0.5, 0.6) is 0 Å². The van der Waals surface area contributed by atoms with Crippen molar-refractivity contribution >= 4 is 22.8 Å². The zero-order valence-electron chi connectivity index (χ0n) is 17.5. The number of likely N-dealkylation sites (tertiary alicyclic amines) is 1. The molecule has 0 bridgehead atoms. The first-order valence-corrected chi connectivity index (χ1v) is 10.4. The van der Waals surface area contributed by atoms with Crippen LogP contribution < -0.4 is 5.32 Å². The number of piperidine rings is 1. The predicted molar refractivity (Wildman–Crippen MR) is 113 cm³/mol. The van der Waals surface area contributed by atoms with Crippen molar-refractivity contribution in [2.45, 2.75) is 25.6 Å². The molecular weight excluding hydrogens is 421 g/mol. The van der Waals surface area contributed by atoms with Crippen molar-refractivity contribution < 1.29 is 22.8 Å². The maximum absolute atomic E-state index is 12.7. The third kappa shape index (κ3) is 4.46. The number of carbonyl (C=O) groups is 2. The Labute approximate surface area is 183 Å². The summed E-state index contributed by atoms with van der Waals surface area (Å²) in [5, 5.41) is 2.93. The van der Waals surface area contributed by atoms with Gasteiger partial charge < -0.3 is 14.8 Å². The van der Waals surface area contributed by atoms with Crippen LogP contribution in [0, 0.1) is 5.92 Å². The summed E-state index contributed by atoms with van der Waals surface area (Å²) in [6.45, 7) is 1.07. The number of amides is 2. The van der Waals surface area contributed by atoms with Gasteiger partial charge in [0.25, 0.3) is 5.91 Å². The van der Waals surface area contributed by atoms with E-state index in [9.17, 15) is 22.8 Å². The number of para-hydroxylation sites is 2. The molecule has 0 aliphatic carbocycles. The van der Waals surface area contributed by atoms with Gasteiger partial charge in [0.15, 0.2) is 0 Å². The zero-order chi connectivity index (χ0) is 22.9. The van der Waals surface area contributed by atoms with Crippen LogP contribution in [-0.2, 0) is 24.6 Å². The average Bonchev–Trinajstić information content (AvgIpc) is 3.12. The first-order chi connectivity index (χ1) is 15.2. The number of rotatable bonds is 4. The normalized spacial score (nSPS) is 15.2. The van der Waals surface area contributed by atoms with Gasteiger partial charge in [0.1, 0.15) is 5.82 Å². The summed E-state index contributed by atoms with van der Waals surface area (Å²) in [6, 6.07) is 12.0. The number of imidazole rings is 1. The molecule has 1 saturated heterocycles. The Morgan fingerprint density at radius 2 is 1.72 bits per heavy atom. The van der Waals surface area contributed by atoms with Crippen molar-refractivity contribution in [3.63, 3.8) is 0 Å². The lowest BCUT2D eigenvalue weighted by atomic mass is 9.95. The molecule has 4 rings (SSSR count). The van der Waals surface area contributed by atoms with E-state index in [2.05, 4.69) is 10.3 Å². The fourth-order valence-electron chi connectivity index (χ4n) is 3.99. The first-order valence-electron chi connectivity index (χ1n) is 10.4. The second-order valence-electron chi connectivity index (χ2n) is 7.94. The summed E-state index contributed by atoms with van der Waals surface area (Å²) in [6.07, 6.45) is -3.43. The summed E-state index contributed by atoms with van der Waals surface area (Å²) in [7, 11) is 1.90. The lowest BCUT2D eigenvalue weighted by Gasteiger charge is -2.31. The molecule has 168 valence electrons. The molecule has 0 saturated carbocycles. The van der Waals surface area contributed by atoms with E-state index in [1.807, 2.05) is 35.9 Å². The number of aryl methyl sites for hydroxylation is 1. The third-order valence-electron chi connectivity index (χ3n) is 5.91. The number of hydrogen-bond acceptors (Lipinski definition) is 3. The minimum absolute atomic E-state index is 0.0846. The van der Waals surface area contributed by atoms with Gasteiger partial charge in [0, 0.05) is 31.6 Å². The van der Waals surface area contributed by atoms with Gasteiger partial charge in [-0.25, -0.2) is 4.98 Å². The van der Waals surface area contributed by atoms with E-state index in [0.29, 0.717) is 32.5 Å². The molecule has 2 heterocycles. The Morgan fingerprint density at radius 3 is 2.34 bits per heavy atom. The van der Waals surface area contributed by atoms with Crippen LogP contribution in [0.4, 0.5) is 13.2 Å². The van der Waals surface area contributed by atoms with Crippen LogP contribution in [-0.4, -0.2) is 39.4 Å². The van der Waals surface area contributed by atoms with Gasteiger partial charge in [0.05, 0.1) is 23.1 Å². The number of hydrogen-bond donors (Lipinski definition) is 1. The minimum atomic E-state index is -4.44. The van der Waals surface area contributed by atoms with E-state index in [4.69, 9.17) is 0 Å². The molecule has 3 aromatic rings. The summed E-state index contributed by atoms with van der Waals surface area (Å²) < 4.78 is 40.1. The highest BCUT2D eigenvalue weighted by molar-refractivity contribution is 5.94. The van der Waals surface area contributed by atoms with Crippen LogP contribution in [0.25, 0.3) is 11.0 Å². The van der Waals surface area contributed by atoms with Gasteiger partial charge in [-0.1, -0.05) is 12.1 Å². The van der Waals surface area contributed by atoms with Gasteiger partial charge in [-0.3, -0.25) is 9.59 Å². The lowest BCUT2D eigenvalue weighted by molar-refractivity contribution is -0.137. The molecule has 1 aliphatic heterocycles. The molecular formula is C23H23F3N4O2. The predicted octanol–water partition coefficient (Wildman–Crippen LogP) is 3.76. The van der Waals surface area contributed by atoms with Gasteiger partial charge in [-0.05, 0) is 49.2 Å². The minimum Gasteiger partial charge on any atom is -0.349 e.